The zero-order chi connectivity index (χ0) is 8.81. The normalized spacial score (nSPS) is 8.33. The van der Waals surface area contributed by atoms with E-state index < -0.39 is 0 Å². The first-order chi connectivity index (χ1) is 5.88. The van der Waals surface area contributed by atoms with E-state index in [4.69, 9.17) is 14.6 Å². The number of carbonyl (C=O) groups excluding carboxylic acids is 1. The SMILES string of the molecule is [N-]=C=O.c1ccc2occc2c1. The highest BCUT2D eigenvalue weighted by atomic mass is 16.3. The second-order valence-corrected chi connectivity index (χ2v) is 2.05. The standard InChI is InChI=1S/C8H6O.CNO/c1-2-4-8-7(3-1)5-6-9-8;2-1-3/h1-6H;/q;-1. The lowest BCUT2D eigenvalue weighted by atomic mass is 10.3. The van der Waals surface area contributed by atoms with Crippen molar-refractivity contribution in [3.05, 3.63) is 42.0 Å². The summed E-state index contributed by atoms with van der Waals surface area (Å²) in [5, 5.41) is 7.93. The Balaban J connectivity index is 0.000000213. The van der Waals surface area contributed by atoms with Crippen LogP contribution in [0.1, 0.15) is 0 Å². The summed E-state index contributed by atoms with van der Waals surface area (Å²) in [7, 11) is 0. The van der Waals surface area contributed by atoms with E-state index in [1.807, 2.05) is 30.3 Å². The highest BCUT2D eigenvalue weighted by molar-refractivity contribution is 5.76. The van der Waals surface area contributed by atoms with Gasteiger partial charge in [-0.15, -0.1) is 0 Å². The van der Waals surface area contributed by atoms with E-state index in [1.165, 1.54) is 0 Å². The Morgan fingerprint density at radius 2 is 1.92 bits per heavy atom. The predicted octanol–water partition coefficient (Wildman–Crippen LogP) is 2.32. The molecule has 0 atom stereocenters. The van der Waals surface area contributed by atoms with Crippen molar-refractivity contribution in [1.82, 2.24) is 0 Å². The van der Waals surface area contributed by atoms with Crippen molar-refractivity contribution >= 4 is 17.0 Å². The molecular formula is C9H6NO2-. The van der Waals surface area contributed by atoms with Crippen molar-refractivity contribution in [2.45, 2.75) is 0 Å². The lowest BCUT2D eigenvalue weighted by molar-refractivity contribution is 0.569. The summed E-state index contributed by atoms with van der Waals surface area (Å²) in [5.74, 6) is 0. The van der Waals surface area contributed by atoms with E-state index in [2.05, 4.69) is 0 Å². The van der Waals surface area contributed by atoms with Gasteiger partial charge >= 0.3 is 0 Å². The molecule has 2 aromatic rings. The first kappa shape index (κ1) is 8.24. The molecule has 0 bridgehead atoms. The van der Waals surface area contributed by atoms with Gasteiger partial charge in [0.05, 0.1) is 6.26 Å². The minimum Gasteiger partial charge on any atom is -0.724 e. The number of rotatable bonds is 0. The summed E-state index contributed by atoms with van der Waals surface area (Å²) in [5.41, 5.74) is 0.956. The van der Waals surface area contributed by atoms with E-state index in [1.54, 1.807) is 6.26 Å². The van der Waals surface area contributed by atoms with Crippen LogP contribution in [0.2, 0.25) is 0 Å². The van der Waals surface area contributed by atoms with Gasteiger partial charge in [0.25, 0.3) is 0 Å². The number of hydrogen-bond donors (Lipinski definition) is 0. The Hall–Kier alpha value is -1.86. The van der Waals surface area contributed by atoms with Crippen molar-refractivity contribution in [2.24, 2.45) is 0 Å². The van der Waals surface area contributed by atoms with Crippen LogP contribution in [-0.2, 0) is 4.79 Å². The van der Waals surface area contributed by atoms with Gasteiger partial charge in [0, 0.05) is 5.39 Å². The molecule has 0 N–H and O–H groups in total. The average Bonchev–Trinajstić information content (AvgIpc) is 2.52. The van der Waals surface area contributed by atoms with Crippen LogP contribution in [0.5, 0.6) is 0 Å². The third kappa shape index (κ3) is 1.81. The van der Waals surface area contributed by atoms with Crippen molar-refractivity contribution in [3.8, 4) is 0 Å². The van der Waals surface area contributed by atoms with E-state index >= 15 is 0 Å². The number of nitrogens with zero attached hydrogens (tertiary/aromatic N) is 1. The molecule has 3 nitrogen and oxygen atoms in total. The van der Waals surface area contributed by atoms with E-state index in [9.17, 15) is 0 Å². The Labute approximate surface area is 69.1 Å². The van der Waals surface area contributed by atoms with Crippen LogP contribution in [0.4, 0.5) is 0 Å². The molecule has 60 valence electrons. The molecule has 0 aliphatic rings. The minimum atomic E-state index is 0.500. The maximum absolute atomic E-state index is 8.24. The number of benzene rings is 1. The minimum absolute atomic E-state index is 0.500. The van der Waals surface area contributed by atoms with Crippen LogP contribution in [0.15, 0.2) is 41.0 Å². The molecule has 1 aromatic heterocycles. The number of isocyanates is 1. The zero-order valence-electron chi connectivity index (χ0n) is 6.23. The van der Waals surface area contributed by atoms with E-state index in [-0.39, 0.29) is 0 Å². The monoisotopic (exact) mass is 160 g/mol. The molecular weight excluding hydrogens is 154 g/mol. The molecule has 1 aromatic carbocycles. The fraction of sp³-hybridized carbons (Fsp3) is 0. The molecule has 0 radical (unpaired) electrons. The van der Waals surface area contributed by atoms with Crippen molar-refractivity contribution in [3.63, 3.8) is 0 Å². The van der Waals surface area contributed by atoms with Gasteiger partial charge < -0.3 is 9.83 Å². The summed E-state index contributed by atoms with van der Waals surface area (Å²) < 4.78 is 5.12. The Morgan fingerprint density at radius 3 is 2.58 bits per heavy atom. The maximum Gasteiger partial charge on any atom is 0.133 e. The molecule has 0 unspecified atom stereocenters. The summed E-state index contributed by atoms with van der Waals surface area (Å²) in [6.45, 7) is 0. The van der Waals surface area contributed by atoms with Gasteiger partial charge in [-0.2, -0.15) is 0 Å². The van der Waals surface area contributed by atoms with E-state index in [0.717, 1.165) is 11.0 Å². The molecule has 0 saturated carbocycles. The van der Waals surface area contributed by atoms with Gasteiger partial charge in [0.2, 0.25) is 0 Å². The number of furan rings is 1. The molecule has 0 saturated heterocycles. The lowest BCUT2D eigenvalue weighted by Crippen LogP contribution is -1.57. The summed E-state index contributed by atoms with van der Waals surface area (Å²) >= 11 is 0. The molecule has 1 heterocycles. The van der Waals surface area contributed by atoms with Gasteiger partial charge in [-0.05, 0) is 18.2 Å². The number of fused-ring (bicyclic) bond motifs is 1. The number of para-hydroxylation sites is 1. The van der Waals surface area contributed by atoms with Crippen LogP contribution < -0.4 is 0 Å². The molecule has 0 aliphatic carbocycles. The lowest BCUT2D eigenvalue weighted by Gasteiger charge is -1.81. The second kappa shape index (κ2) is 4.11. The molecule has 12 heavy (non-hydrogen) atoms. The van der Waals surface area contributed by atoms with Crippen LogP contribution in [0.3, 0.4) is 0 Å². The third-order valence-corrected chi connectivity index (χ3v) is 1.36. The predicted molar refractivity (Wildman–Crippen MR) is 45.3 cm³/mol. The fourth-order valence-corrected chi connectivity index (χ4v) is 0.906. The molecule has 0 fully saturated rings. The Kier molecular flexibility index (Phi) is 2.82. The fourth-order valence-electron chi connectivity index (χ4n) is 0.906. The Bertz CT molecular complexity index is 356. The van der Waals surface area contributed by atoms with Gasteiger partial charge in [0.15, 0.2) is 0 Å². The van der Waals surface area contributed by atoms with Gasteiger partial charge in [-0.25, -0.2) is 0 Å². The first-order valence-corrected chi connectivity index (χ1v) is 3.32. The second-order valence-electron chi connectivity index (χ2n) is 2.05. The van der Waals surface area contributed by atoms with Crippen molar-refractivity contribution in [2.75, 3.05) is 0 Å². The smallest absolute Gasteiger partial charge is 0.133 e. The first-order valence-electron chi connectivity index (χ1n) is 3.32. The summed E-state index contributed by atoms with van der Waals surface area (Å²) in [6.07, 6.45) is 2.20. The van der Waals surface area contributed by atoms with E-state index in [0.29, 0.717) is 6.08 Å². The highest BCUT2D eigenvalue weighted by Gasteiger charge is 1.89. The van der Waals surface area contributed by atoms with Gasteiger partial charge in [-0.1, -0.05) is 18.2 Å². The van der Waals surface area contributed by atoms with Crippen molar-refractivity contribution in [1.29, 1.82) is 0 Å². The molecule has 2 rings (SSSR count). The maximum atomic E-state index is 8.24. The van der Waals surface area contributed by atoms with Gasteiger partial charge in [-0.3, -0.25) is 4.79 Å². The van der Waals surface area contributed by atoms with Crippen LogP contribution in [0, 0.1) is 0 Å². The molecule has 0 spiro atoms. The quantitative estimate of drug-likeness (QED) is 0.438. The van der Waals surface area contributed by atoms with Crippen LogP contribution in [0.25, 0.3) is 16.4 Å². The van der Waals surface area contributed by atoms with Crippen LogP contribution in [-0.4, -0.2) is 6.08 Å². The van der Waals surface area contributed by atoms with Crippen LogP contribution >= 0.6 is 0 Å². The summed E-state index contributed by atoms with van der Waals surface area (Å²) in [6, 6.07) is 9.90. The average molecular weight is 160 g/mol. The van der Waals surface area contributed by atoms with Crippen molar-refractivity contribution < 1.29 is 9.21 Å². The largest absolute Gasteiger partial charge is 0.724 e. The third-order valence-electron chi connectivity index (χ3n) is 1.36. The molecule has 0 aliphatic heterocycles. The topological polar surface area (TPSA) is 52.5 Å². The highest BCUT2D eigenvalue weighted by Crippen LogP contribution is 2.12. The van der Waals surface area contributed by atoms with Gasteiger partial charge in [0.1, 0.15) is 5.58 Å². The molecule has 0 amide bonds. The summed E-state index contributed by atoms with van der Waals surface area (Å²) in [4.78, 5) is 8.24. The zero-order valence-corrected chi connectivity index (χ0v) is 6.23. The Morgan fingerprint density at radius 1 is 1.25 bits per heavy atom. The number of hydrogen-bond acceptors (Lipinski definition) is 2. The molecule has 3 heteroatoms.